The van der Waals surface area contributed by atoms with E-state index in [0.717, 1.165) is 24.2 Å². The lowest BCUT2D eigenvalue weighted by molar-refractivity contribution is -0.168. The molecule has 1 rings (SSSR count). The van der Waals surface area contributed by atoms with Gasteiger partial charge in [-0.3, -0.25) is 19.6 Å². The van der Waals surface area contributed by atoms with Crippen molar-refractivity contribution < 1.29 is 29.1 Å². The van der Waals surface area contributed by atoms with Crippen molar-refractivity contribution in [2.75, 3.05) is 20.1 Å². The minimum atomic E-state index is -0.908. The van der Waals surface area contributed by atoms with Crippen molar-refractivity contribution in [1.82, 2.24) is 10.4 Å². The monoisotopic (exact) mass is 386 g/mol. The number of nitrogens with zero attached hydrogens (tertiary/aromatic N) is 1. The lowest BCUT2D eigenvalue weighted by Crippen LogP contribution is -2.45. The quantitative estimate of drug-likeness (QED) is 0.132. The van der Waals surface area contributed by atoms with Gasteiger partial charge < -0.3 is 21.1 Å². The Morgan fingerprint density at radius 2 is 1.81 bits per heavy atom. The summed E-state index contributed by atoms with van der Waals surface area (Å²) in [6, 6.07) is -0.908. The number of unbranched alkanes of at least 4 members (excludes halogenated alkanes) is 1. The molecular weight excluding hydrogens is 356 g/mol. The number of hydrogen-bond donors (Lipinski definition) is 4. The topological polar surface area (TPSA) is 165 Å². The first-order valence-electron chi connectivity index (χ1n) is 9.20. The molecule has 10 heteroatoms. The molecule has 0 aromatic rings. The lowest BCUT2D eigenvalue weighted by atomic mass is 9.78. The van der Waals surface area contributed by atoms with E-state index in [0.29, 0.717) is 32.2 Å². The van der Waals surface area contributed by atoms with Crippen molar-refractivity contribution >= 4 is 23.8 Å². The van der Waals surface area contributed by atoms with E-state index in [1.165, 1.54) is 12.5 Å². The second-order valence-electron chi connectivity index (χ2n) is 6.86. The number of hydrogen-bond acceptors (Lipinski definition) is 8. The van der Waals surface area contributed by atoms with Gasteiger partial charge in [-0.1, -0.05) is 19.3 Å². The number of ether oxygens (including phenoxy) is 1. The molecule has 0 heterocycles. The van der Waals surface area contributed by atoms with Crippen LogP contribution in [0.3, 0.4) is 0 Å². The Morgan fingerprint density at radius 3 is 2.41 bits per heavy atom. The van der Waals surface area contributed by atoms with E-state index in [2.05, 4.69) is 0 Å². The summed E-state index contributed by atoms with van der Waals surface area (Å²) in [6.45, 7) is 0.160. The highest BCUT2D eigenvalue weighted by molar-refractivity contribution is 5.93. The molecule has 27 heavy (non-hydrogen) atoms. The third kappa shape index (κ3) is 7.24. The van der Waals surface area contributed by atoms with Gasteiger partial charge in [0.05, 0.1) is 11.8 Å². The van der Waals surface area contributed by atoms with Gasteiger partial charge in [-0.2, -0.15) is 0 Å². The largest absolute Gasteiger partial charge is 0.392 e. The van der Waals surface area contributed by atoms with Gasteiger partial charge >= 0.3 is 11.9 Å². The normalized spacial score (nSPS) is 20.4. The van der Waals surface area contributed by atoms with Gasteiger partial charge in [-0.05, 0) is 32.2 Å². The highest BCUT2D eigenvalue weighted by atomic mass is 16.6. The molecule has 0 aromatic carbocycles. The van der Waals surface area contributed by atoms with Gasteiger partial charge in [0, 0.05) is 7.05 Å². The van der Waals surface area contributed by atoms with Crippen molar-refractivity contribution in [3.63, 3.8) is 0 Å². The molecule has 6 N–H and O–H groups in total. The summed E-state index contributed by atoms with van der Waals surface area (Å²) < 4.78 is 4.92. The Labute approximate surface area is 158 Å². The molecule has 1 saturated carbocycles. The molecular formula is C17H30N4O6. The van der Waals surface area contributed by atoms with Crippen LogP contribution in [0, 0.1) is 11.8 Å². The molecule has 0 bridgehead atoms. The third-order valence-corrected chi connectivity index (χ3v) is 4.74. The standard InChI is InChI=1S/C17H30N4O6/c1-21(10-14(22)20-26)15(23)11-6-2-3-7-12(11)16(24)27-17(25)13(19)8-4-5-9-18/h11-13,26H,2-10,18-19H2,1H3,(H,20,22)/t11-,12+,13+/m1/s1. The number of likely N-dealkylation sites (N-methyl/N-ethyl adjacent to an activating group) is 1. The molecule has 1 fully saturated rings. The molecule has 154 valence electrons. The zero-order valence-electron chi connectivity index (χ0n) is 15.7. The summed E-state index contributed by atoms with van der Waals surface area (Å²) in [4.78, 5) is 49.4. The summed E-state index contributed by atoms with van der Waals surface area (Å²) >= 11 is 0. The van der Waals surface area contributed by atoms with Crippen LogP contribution in [0.4, 0.5) is 0 Å². The van der Waals surface area contributed by atoms with Gasteiger partial charge in [0.2, 0.25) is 5.91 Å². The molecule has 0 saturated heterocycles. The molecule has 2 amide bonds. The first-order valence-corrected chi connectivity index (χ1v) is 9.20. The number of carbonyl (C=O) groups is 4. The van der Waals surface area contributed by atoms with Crippen LogP contribution in [0.1, 0.15) is 44.9 Å². The fourth-order valence-corrected chi connectivity index (χ4v) is 3.20. The Bertz CT molecular complexity index is 542. The Kier molecular flexibility index (Phi) is 9.90. The van der Waals surface area contributed by atoms with E-state index in [9.17, 15) is 19.2 Å². The average molecular weight is 386 g/mol. The SMILES string of the molecule is CN(CC(=O)NO)C(=O)[C@@H]1CCCC[C@@H]1C(=O)OC(=O)[C@@H](N)CCCCN. The highest BCUT2D eigenvalue weighted by Crippen LogP contribution is 2.32. The van der Waals surface area contributed by atoms with Gasteiger partial charge in [0.15, 0.2) is 0 Å². The van der Waals surface area contributed by atoms with E-state index in [-0.39, 0.29) is 6.54 Å². The second kappa shape index (κ2) is 11.6. The molecule has 0 aromatic heterocycles. The van der Waals surface area contributed by atoms with E-state index >= 15 is 0 Å². The fraction of sp³-hybridized carbons (Fsp3) is 0.765. The Morgan fingerprint density at radius 1 is 1.19 bits per heavy atom. The summed E-state index contributed by atoms with van der Waals surface area (Å²) in [5.74, 6) is -4.14. The smallest absolute Gasteiger partial charge is 0.330 e. The molecule has 0 radical (unpaired) electrons. The predicted octanol–water partition coefficient (Wildman–Crippen LogP) is -0.717. The molecule has 0 unspecified atom stereocenters. The Hall–Kier alpha value is -2.04. The summed E-state index contributed by atoms with van der Waals surface area (Å²) in [6.07, 6.45) is 4.12. The third-order valence-electron chi connectivity index (χ3n) is 4.74. The first-order chi connectivity index (χ1) is 12.8. The van der Waals surface area contributed by atoms with Crippen molar-refractivity contribution in [3.8, 4) is 0 Å². The van der Waals surface area contributed by atoms with E-state index in [1.807, 2.05) is 0 Å². The van der Waals surface area contributed by atoms with Crippen LogP contribution in [-0.4, -0.2) is 60.0 Å². The number of amides is 2. The van der Waals surface area contributed by atoms with Crippen LogP contribution in [0.25, 0.3) is 0 Å². The van der Waals surface area contributed by atoms with Crippen LogP contribution in [0.5, 0.6) is 0 Å². The van der Waals surface area contributed by atoms with Gasteiger partial charge in [-0.15, -0.1) is 0 Å². The number of carbonyl (C=O) groups excluding carboxylic acids is 4. The summed E-state index contributed by atoms with van der Waals surface area (Å²) in [7, 11) is 1.41. The molecule has 3 atom stereocenters. The zero-order valence-corrected chi connectivity index (χ0v) is 15.7. The molecule has 10 nitrogen and oxygen atoms in total. The van der Waals surface area contributed by atoms with Crippen molar-refractivity contribution in [3.05, 3.63) is 0 Å². The van der Waals surface area contributed by atoms with Gasteiger partial charge in [-0.25, -0.2) is 10.3 Å². The van der Waals surface area contributed by atoms with E-state index < -0.39 is 41.6 Å². The molecule has 0 spiro atoms. The summed E-state index contributed by atoms with van der Waals surface area (Å²) in [5, 5.41) is 8.58. The summed E-state index contributed by atoms with van der Waals surface area (Å²) in [5.41, 5.74) is 12.6. The molecule has 1 aliphatic rings. The predicted molar refractivity (Wildman–Crippen MR) is 95.0 cm³/mol. The molecule has 0 aliphatic heterocycles. The minimum Gasteiger partial charge on any atom is -0.392 e. The van der Waals surface area contributed by atoms with Crippen molar-refractivity contribution in [1.29, 1.82) is 0 Å². The lowest BCUT2D eigenvalue weighted by Gasteiger charge is -2.31. The zero-order chi connectivity index (χ0) is 20.4. The van der Waals surface area contributed by atoms with Crippen LogP contribution >= 0.6 is 0 Å². The number of nitrogens with one attached hydrogen (secondary N) is 1. The fourth-order valence-electron chi connectivity index (χ4n) is 3.20. The van der Waals surface area contributed by atoms with Crippen molar-refractivity contribution in [2.45, 2.75) is 51.0 Å². The first kappa shape index (κ1) is 23.0. The maximum atomic E-state index is 12.6. The maximum absolute atomic E-state index is 12.6. The second-order valence-corrected chi connectivity index (χ2v) is 6.86. The van der Waals surface area contributed by atoms with Gasteiger partial charge in [0.25, 0.3) is 5.91 Å². The highest BCUT2D eigenvalue weighted by Gasteiger charge is 2.39. The number of hydroxylamine groups is 1. The van der Waals surface area contributed by atoms with Crippen LogP contribution < -0.4 is 16.9 Å². The number of rotatable bonds is 9. The minimum absolute atomic E-state index is 0.335. The number of esters is 2. The maximum Gasteiger partial charge on any atom is 0.330 e. The van der Waals surface area contributed by atoms with Crippen LogP contribution in [0.2, 0.25) is 0 Å². The Balaban J connectivity index is 2.68. The van der Waals surface area contributed by atoms with Crippen LogP contribution in [0.15, 0.2) is 0 Å². The number of nitrogens with two attached hydrogens (primary N) is 2. The van der Waals surface area contributed by atoms with E-state index in [1.54, 1.807) is 0 Å². The van der Waals surface area contributed by atoms with E-state index in [4.69, 9.17) is 21.4 Å². The molecule has 1 aliphatic carbocycles. The van der Waals surface area contributed by atoms with Crippen molar-refractivity contribution in [2.24, 2.45) is 23.3 Å². The van der Waals surface area contributed by atoms with Crippen LogP contribution in [-0.2, 0) is 23.9 Å². The van der Waals surface area contributed by atoms with Gasteiger partial charge in [0.1, 0.15) is 12.6 Å². The average Bonchev–Trinajstić information content (AvgIpc) is 2.67.